The summed E-state index contributed by atoms with van der Waals surface area (Å²) in [5.74, 6) is -1.07. The maximum absolute atomic E-state index is 14.4. The van der Waals surface area contributed by atoms with Gasteiger partial charge in [0.2, 0.25) is 0 Å². The maximum atomic E-state index is 14.4. The largest absolute Gasteiger partial charge is 0.480 e. The molecule has 2 atom stereocenters. The van der Waals surface area contributed by atoms with Gasteiger partial charge in [-0.2, -0.15) is 13.2 Å². The highest BCUT2D eigenvalue weighted by Gasteiger charge is 2.62. The highest BCUT2D eigenvalue weighted by atomic mass is 35.5. The Balaban J connectivity index is 1.57. The lowest BCUT2D eigenvalue weighted by atomic mass is 9.85. The molecule has 0 spiro atoms. The molecule has 1 aromatic carbocycles. The number of epoxide rings is 1. The quantitative estimate of drug-likeness (QED) is 0.367. The molecular formula is C23H19Cl2F3N2O4S. The Kier molecular flexibility index (Phi) is 6.36. The molecule has 0 amide bonds. The fraction of sp³-hybridized carbons (Fsp3) is 0.435. The molecule has 35 heavy (non-hydrogen) atoms. The summed E-state index contributed by atoms with van der Waals surface area (Å²) in [4.78, 5) is 21.9. The first-order valence-corrected chi connectivity index (χ1v) is 12.5. The lowest BCUT2D eigenvalue weighted by Crippen LogP contribution is -2.42. The highest BCUT2D eigenvalue weighted by Crippen LogP contribution is 2.51. The van der Waals surface area contributed by atoms with Crippen molar-refractivity contribution in [2.24, 2.45) is 10.1 Å². The van der Waals surface area contributed by atoms with Crippen LogP contribution in [0.5, 0.6) is 0 Å². The van der Waals surface area contributed by atoms with E-state index in [1.165, 1.54) is 29.5 Å². The van der Waals surface area contributed by atoms with Crippen molar-refractivity contribution in [3.8, 4) is 0 Å². The van der Waals surface area contributed by atoms with Crippen LogP contribution in [0.15, 0.2) is 28.3 Å². The second-order valence-corrected chi connectivity index (χ2v) is 10.5. The van der Waals surface area contributed by atoms with Crippen LogP contribution < -0.4 is 0 Å². The van der Waals surface area contributed by atoms with Crippen LogP contribution in [0, 0.1) is 0 Å². The third kappa shape index (κ3) is 4.57. The number of nitrogens with zero attached hydrogens (tertiary/aromatic N) is 2. The number of carboxylic acid groups (broad SMARTS) is 1. The molecule has 12 heteroatoms. The summed E-state index contributed by atoms with van der Waals surface area (Å²) < 4.78 is 48.7. The minimum absolute atomic E-state index is 0.0627. The van der Waals surface area contributed by atoms with E-state index in [4.69, 9.17) is 37.9 Å². The zero-order valence-electron chi connectivity index (χ0n) is 18.1. The number of ether oxygens (including phenoxy) is 1. The third-order valence-electron chi connectivity index (χ3n) is 6.25. The predicted molar refractivity (Wildman–Crippen MR) is 126 cm³/mol. The number of aliphatic imine (C=N–C) groups is 1. The van der Waals surface area contributed by atoms with Crippen LogP contribution in [0.3, 0.4) is 0 Å². The van der Waals surface area contributed by atoms with E-state index in [2.05, 4.69) is 10.1 Å². The molecule has 6 nitrogen and oxygen atoms in total. The van der Waals surface area contributed by atoms with Crippen molar-refractivity contribution in [2.45, 2.75) is 50.0 Å². The van der Waals surface area contributed by atoms with Crippen molar-refractivity contribution in [3.05, 3.63) is 54.7 Å². The summed E-state index contributed by atoms with van der Waals surface area (Å²) in [6, 6.07) is 3.73. The van der Waals surface area contributed by atoms with Gasteiger partial charge in [0, 0.05) is 15.6 Å². The Morgan fingerprint density at radius 3 is 2.46 bits per heavy atom. The van der Waals surface area contributed by atoms with Crippen LogP contribution in [0.2, 0.25) is 10.0 Å². The molecule has 0 bridgehead atoms. The number of rotatable bonds is 6. The Morgan fingerprint density at radius 1 is 1.20 bits per heavy atom. The van der Waals surface area contributed by atoms with Gasteiger partial charge in [-0.05, 0) is 55.0 Å². The number of oxime groups is 1. The zero-order chi connectivity index (χ0) is 25.0. The first kappa shape index (κ1) is 24.5. The molecule has 3 heterocycles. The van der Waals surface area contributed by atoms with Crippen LogP contribution in [-0.2, 0) is 32.8 Å². The van der Waals surface area contributed by atoms with Crippen molar-refractivity contribution in [3.63, 3.8) is 0 Å². The molecule has 1 aliphatic carbocycles. The molecule has 1 fully saturated rings. The second-order valence-electron chi connectivity index (χ2n) is 8.63. The third-order valence-corrected chi connectivity index (χ3v) is 8.03. The molecule has 2 aromatic rings. The average molecular weight is 547 g/mol. The molecule has 0 saturated carbocycles. The molecule has 5 rings (SSSR count). The lowest BCUT2D eigenvalue weighted by molar-refractivity contribution is -0.275. The predicted octanol–water partition coefficient (Wildman–Crippen LogP) is 5.79. The Bertz CT molecular complexity index is 1240. The summed E-state index contributed by atoms with van der Waals surface area (Å²) in [5, 5.41) is 13.2. The van der Waals surface area contributed by atoms with Gasteiger partial charge in [0.05, 0.1) is 28.5 Å². The summed E-state index contributed by atoms with van der Waals surface area (Å²) >= 11 is 13.3. The van der Waals surface area contributed by atoms with E-state index in [9.17, 15) is 18.0 Å². The number of hydrogen-bond donors (Lipinski definition) is 1. The molecule has 3 aliphatic rings. The molecule has 2 unspecified atom stereocenters. The number of alkyl halides is 3. The van der Waals surface area contributed by atoms with Crippen LogP contribution in [-0.4, -0.2) is 47.9 Å². The number of carbonyl (C=O) groups is 1. The summed E-state index contributed by atoms with van der Waals surface area (Å²) in [7, 11) is 0. The van der Waals surface area contributed by atoms with Crippen molar-refractivity contribution >= 4 is 51.9 Å². The van der Waals surface area contributed by atoms with Gasteiger partial charge in [-0.15, -0.1) is 11.3 Å². The van der Waals surface area contributed by atoms with E-state index in [-0.39, 0.29) is 27.4 Å². The molecule has 186 valence electrons. The lowest BCUT2D eigenvalue weighted by Gasteiger charge is -2.29. The van der Waals surface area contributed by atoms with Gasteiger partial charge in [-0.25, -0.2) is 0 Å². The number of fused-ring (bicyclic) bond motifs is 1. The van der Waals surface area contributed by atoms with Crippen LogP contribution in [0.1, 0.15) is 45.7 Å². The van der Waals surface area contributed by atoms with Gasteiger partial charge in [-0.1, -0.05) is 28.4 Å². The number of halogens is 5. The smallest absolute Gasteiger partial charge is 0.435 e. The van der Waals surface area contributed by atoms with Crippen LogP contribution >= 0.6 is 34.5 Å². The van der Waals surface area contributed by atoms with Crippen molar-refractivity contribution < 1.29 is 32.6 Å². The van der Waals surface area contributed by atoms with E-state index in [1.54, 1.807) is 0 Å². The van der Waals surface area contributed by atoms with E-state index >= 15 is 0 Å². The van der Waals surface area contributed by atoms with Gasteiger partial charge in [-0.3, -0.25) is 9.79 Å². The zero-order valence-corrected chi connectivity index (χ0v) is 20.5. The Morgan fingerprint density at radius 2 is 1.86 bits per heavy atom. The minimum atomic E-state index is -4.79. The number of hydrogen-bond acceptors (Lipinski definition) is 6. The molecule has 2 aliphatic heterocycles. The number of thiophene rings is 1. The van der Waals surface area contributed by atoms with E-state index in [0.29, 0.717) is 23.6 Å². The topological polar surface area (TPSA) is 83.8 Å². The molecule has 0 radical (unpaired) electrons. The van der Waals surface area contributed by atoms with E-state index < -0.39 is 30.7 Å². The van der Waals surface area contributed by atoms with E-state index in [0.717, 1.165) is 35.3 Å². The van der Waals surface area contributed by atoms with Crippen LogP contribution in [0.25, 0.3) is 0 Å². The monoisotopic (exact) mass is 546 g/mol. The van der Waals surface area contributed by atoms with Gasteiger partial charge in [0.1, 0.15) is 18.4 Å². The first-order chi connectivity index (χ1) is 16.6. The molecule has 1 aromatic heterocycles. The number of benzene rings is 1. The second kappa shape index (κ2) is 9.06. The van der Waals surface area contributed by atoms with Gasteiger partial charge >= 0.3 is 12.1 Å². The van der Waals surface area contributed by atoms with Crippen molar-refractivity contribution in [1.29, 1.82) is 0 Å². The summed E-state index contributed by atoms with van der Waals surface area (Å²) in [5.41, 5.74) is -0.324. The van der Waals surface area contributed by atoms with Gasteiger partial charge in [0.15, 0.2) is 0 Å². The molecule has 1 saturated heterocycles. The average Bonchev–Trinajstić information content (AvgIpc) is 3.38. The summed E-state index contributed by atoms with van der Waals surface area (Å²) in [6.45, 7) is 0.0190. The van der Waals surface area contributed by atoms with Gasteiger partial charge in [0.25, 0.3) is 5.60 Å². The van der Waals surface area contributed by atoms with Crippen LogP contribution in [0.4, 0.5) is 13.2 Å². The first-order valence-electron chi connectivity index (χ1n) is 10.9. The standard InChI is InChI=1S/C23H19Cl2F3N2O4S/c24-12-5-11(6-13(25)7-12)22(23(26,27)28)8-16(30-34-22)20-14-3-1-2-4-15(14)21(35-20)19(17-10-33-17)29-9-18(31)32/h5-7,17H,1-4,8-10H2,(H,31,32). The van der Waals surface area contributed by atoms with Crippen molar-refractivity contribution in [1.82, 2.24) is 0 Å². The van der Waals surface area contributed by atoms with Crippen molar-refractivity contribution in [2.75, 3.05) is 13.2 Å². The molecule has 1 N–H and O–H groups in total. The molecular weight excluding hydrogens is 528 g/mol. The number of carboxylic acids is 1. The van der Waals surface area contributed by atoms with E-state index in [1.807, 2.05) is 0 Å². The Labute approximate surface area is 212 Å². The maximum Gasteiger partial charge on any atom is 0.435 e. The normalized spacial score (nSPS) is 24.1. The SMILES string of the molecule is O=C(O)CN=C(c1sc(C2=NOC(c3cc(Cl)cc(Cl)c3)(C(F)(F)F)C2)c2c1CCCC2)C1CO1. The fourth-order valence-corrected chi connectivity index (χ4v) is 6.52. The Hall–Kier alpha value is -2.14. The number of aliphatic carboxylic acids is 1. The summed E-state index contributed by atoms with van der Waals surface area (Å²) in [6.07, 6.45) is -2.42. The van der Waals surface area contributed by atoms with Gasteiger partial charge < -0.3 is 14.7 Å². The fourth-order valence-electron chi connectivity index (χ4n) is 4.56. The highest BCUT2D eigenvalue weighted by molar-refractivity contribution is 7.16. The minimum Gasteiger partial charge on any atom is -0.480 e.